The molecule has 0 spiro atoms. The Labute approximate surface area is 184 Å². The summed E-state index contributed by atoms with van der Waals surface area (Å²) < 4.78 is 3.46. The first-order valence-electron chi connectivity index (χ1n) is 10.3. The van der Waals surface area contributed by atoms with Gasteiger partial charge >= 0.3 is 0 Å². The molecule has 30 heavy (non-hydrogen) atoms. The molecule has 150 valence electrons. The zero-order valence-corrected chi connectivity index (χ0v) is 18.7. The molecule has 0 aliphatic rings. The summed E-state index contributed by atoms with van der Waals surface area (Å²) in [6, 6.07) is 21.1. The zero-order valence-electron chi connectivity index (χ0n) is 17.1. The second kappa shape index (κ2) is 7.73. The van der Waals surface area contributed by atoms with Crippen LogP contribution in [0.25, 0.3) is 33.5 Å². The van der Waals surface area contributed by atoms with Crippen LogP contribution in [0.4, 0.5) is 0 Å². The number of hydrogen-bond acceptors (Lipinski definition) is 2. The third-order valence-corrected chi connectivity index (χ3v) is 6.04. The standard InChI is InChI=1S/C25H23BrN4/c1-3-6-23-29-24-16(2)13-18(25-27-20-7-4-5-8-21(20)28-25)14-22(24)30(23)15-17-9-11-19(26)12-10-17/h4-5,7-14H,3,6,15H2,1-2H3,(H,27,28). The van der Waals surface area contributed by atoms with Gasteiger partial charge in [-0.25, -0.2) is 9.97 Å². The Morgan fingerprint density at radius 2 is 1.80 bits per heavy atom. The maximum atomic E-state index is 5.02. The molecule has 2 heterocycles. The molecule has 0 fully saturated rings. The molecule has 0 aliphatic heterocycles. The largest absolute Gasteiger partial charge is 0.338 e. The first-order chi connectivity index (χ1) is 14.6. The molecule has 0 aliphatic carbocycles. The number of rotatable bonds is 5. The molecule has 0 atom stereocenters. The van der Waals surface area contributed by atoms with Gasteiger partial charge in [-0.15, -0.1) is 0 Å². The predicted molar refractivity (Wildman–Crippen MR) is 127 cm³/mol. The van der Waals surface area contributed by atoms with E-state index in [1.54, 1.807) is 0 Å². The second-order valence-corrected chi connectivity index (χ2v) is 8.67. The molecule has 3 aromatic carbocycles. The fraction of sp³-hybridized carbons (Fsp3) is 0.200. The van der Waals surface area contributed by atoms with Crippen molar-refractivity contribution in [2.75, 3.05) is 0 Å². The minimum absolute atomic E-state index is 0.808. The zero-order chi connectivity index (χ0) is 20.7. The Hall–Kier alpha value is -2.92. The van der Waals surface area contributed by atoms with Crippen molar-refractivity contribution >= 4 is 38.0 Å². The average molecular weight is 459 g/mol. The highest BCUT2D eigenvalue weighted by Gasteiger charge is 2.15. The maximum Gasteiger partial charge on any atom is 0.138 e. The first-order valence-corrected chi connectivity index (χ1v) is 11.1. The number of aryl methyl sites for hydroxylation is 2. The minimum Gasteiger partial charge on any atom is -0.338 e. The van der Waals surface area contributed by atoms with Crippen molar-refractivity contribution in [1.29, 1.82) is 0 Å². The van der Waals surface area contributed by atoms with E-state index >= 15 is 0 Å². The monoisotopic (exact) mass is 458 g/mol. The molecule has 5 aromatic rings. The van der Waals surface area contributed by atoms with Gasteiger partial charge in [0.05, 0.1) is 22.1 Å². The molecule has 5 heteroatoms. The van der Waals surface area contributed by atoms with Crippen LogP contribution in [0.15, 0.2) is 65.1 Å². The van der Waals surface area contributed by atoms with Gasteiger partial charge in [-0.1, -0.05) is 47.1 Å². The van der Waals surface area contributed by atoms with E-state index in [-0.39, 0.29) is 0 Å². The smallest absolute Gasteiger partial charge is 0.138 e. The maximum absolute atomic E-state index is 5.02. The summed E-state index contributed by atoms with van der Waals surface area (Å²) in [7, 11) is 0. The lowest BCUT2D eigenvalue weighted by Crippen LogP contribution is -2.05. The van der Waals surface area contributed by atoms with Gasteiger partial charge in [-0.3, -0.25) is 0 Å². The summed E-state index contributed by atoms with van der Waals surface area (Å²) in [5.74, 6) is 2.04. The van der Waals surface area contributed by atoms with Crippen LogP contribution in [0.5, 0.6) is 0 Å². The first kappa shape index (κ1) is 19.1. The van der Waals surface area contributed by atoms with Gasteiger partial charge in [0.15, 0.2) is 0 Å². The molecule has 0 amide bonds. The third kappa shape index (κ3) is 3.43. The van der Waals surface area contributed by atoms with E-state index in [2.05, 4.69) is 81.8 Å². The highest BCUT2D eigenvalue weighted by molar-refractivity contribution is 9.10. The Morgan fingerprint density at radius 1 is 1.00 bits per heavy atom. The number of aromatic nitrogens is 4. The molecule has 5 rings (SSSR count). The number of halogens is 1. The summed E-state index contributed by atoms with van der Waals surface area (Å²) in [5, 5.41) is 0. The number of H-pyrrole nitrogens is 1. The van der Waals surface area contributed by atoms with Crippen LogP contribution >= 0.6 is 15.9 Å². The van der Waals surface area contributed by atoms with Gasteiger partial charge in [0.1, 0.15) is 11.6 Å². The Morgan fingerprint density at radius 3 is 2.57 bits per heavy atom. The van der Waals surface area contributed by atoms with E-state index < -0.39 is 0 Å². The van der Waals surface area contributed by atoms with E-state index in [9.17, 15) is 0 Å². The second-order valence-electron chi connectivity index (χ2n) is 7.75. The van der Waals surface area contributed by atoms with E-state index in [0.717, 1.165) is 63.1 Å². The normalized spacial score (nSPS) is 11.6. The van der Waals surface area contributed by atoms with E-state index in [1.807, 2.05) is 18.2 Å². The van der Waals surface area contributed by atoms with Gasteiger partial charge in [0.2, 0.25) is 0 Å². The van der Waals surface area contributed by atoms with Gasteiger partial charge in [0.25, 0.3) is 0 Å². The van der Waals surface area contributed by atoms with Crippen LogP contribution in [-0.2, 0) is 13.0 Å². The quantitative estimate of drug-likeness (QED) is 0.320. The van der Waals surface area contributed by atoms with Gasteiger partial charge in [0, 0.05) is 23.0 Å². The van der Waals surface area contributed by atoms with Crippen molar-refractivity contribution in [3.05, 3.63) is 82.1 Å². The topological polar surface area (TPSA) is 46.5 Å². The third-order valence-electron chi connectivity index (χ3n) is 5.51. The Kier molecular flexibility index (Phi) is 4.91. The SMILES string of the molecule is CCCc1nc2c(C)cc(-c3nc4ccccc4[nH]3)cc2n1Cc1ccc(Br)cc1. The van der Waals surface area contributed by atoms with Crippen molar-refractivity contribution in [1.82, 2.24) is 19.5 Å². The number of benzene rings is 3. The number of nitrogens with zero attached hydrogens (tertiary/aromatic N) is 3. The van der Waals surface area contributed by atoms with Crippen molar-refractivity contribution < 1.29 is 0 Å². The predicted octanol–water partition coefficient (Wildman–Crippen LogP) is 6.65. The molecule has 0 saturated heterocycles. The fourth-order valence-electron chi connectivity index (χ4n) is 4.03. The molecular formula is C25H23BrN4. The molecular weight excluding hydrogens is 436 g/mol. The van der Waals surface area contributed by atoms with Crippen molar-refractivity contribution in [2.24, 2.45) is 0 Å². The lowest BCUT2D eigenvalue weighted by molar-refractivity contribution is 0.722. The van der Waals surface area contributed by atoms with Crippen molar-refractivity contribution in [3.63, 3.8) is 0 Å². The number of nitrogens with one attached hydrogen (secondary N) is 1. The van der Waals surface area contributed by atoms with E-state index in [1.165, 1.54) is 11.1 Å². The van der Waals surface area contributed by atoms with E-state index in [4.69, 9.17) is 9.97 Å². The minimum atomic E-state index is 0.808. The number of imidazole rings is 2. The highest BCUT2D eigenvalue weighted by atomic mass is 79.9. The molecule has 0 bridgehead atoms. The van der Waals surface area contributed by atoms with Crippen molar-refractivity contribution in [3.8, 4) is 11.4 Å². The molecule has 0 saturated carbocycles. The van der Waals surface area contributed by atoms with Gasteiger partial charge in [-0.2, -0.15) is 0 Å². The van der Waals surface area contributed by atoms with Crippen LogP contribution in [0.3, 0.4) is 0 Å². The van der Waals surface area contributed by atoms with E-state index in [0.29, 0.717) is 0 Å². The summed E-state index contributed by atoms with van der Waals surface area (Å²) >= 11 is 3.53. The molecule has 2 aromatic heterocycles. The highest BCUT2D eigenvalue weighted by Crippen LogP contribution is 2.29. The summed E-state index contributed by atoms with van der Waals surface area (Å²) in [6.07, 6.45) is 2.03. The van der Waals surface area contributed by atoms with Crippen LogP contribution < -0.4 is 0 Å². The molecule has 0 radical (unpaired) electrons. The average Bonchev–Trinajstić information content (AvgIpc) is 3.32. The number of para-hydroxylation sites is 2. The fourth-order valence-corrected chi connectivity index (χ4v) is 4.29. The van der Waals surface area contributed by atoms with Gasteiger partial charge in [-0.05, 0) is 60.9 Å². The molecule has 1 N–H and O–H groups in total. The lowest BCUT2D eigenvalue weighted by atomic mass is 10.1. The molecule has 4 nitrogen and oxygen atoms in total. The summed E-state index contributed by atoms with van der Waals surface area (Å²) in [4.78, 5) is 13.3. The van der Waals surface area contributed by atoms with Crippen molar-refractivity contribution in [2.45, 2.75) is 33.2 Å². The number of hydrogen-bond donors (Lipinski definition) is 1. The van der Waals surface area contributed by atoms with Crippen LogP contribution in [-0.4, -0.2) is 19.5 Å². The van der Waals surface area contributed by atoms with Crippen LogP contribution in [0.2, 0.25) is 0 Å². The van der Waals surface area contributed by atoms with Crippen LogP contribution in [0, 0.1) is 6.92 Å². The Balaban J connectivity index is 1.66. The van der Waals surface area contributed by atoms with Crippen LogP contribution in [0.1, 0.15) is 30.3 Å². The van der Waals surface area contributed by atoms with Gasteiger partial charge < -0.3 is 9.55 Å². The lowest BCUT2D eigenvalue weighted by Gasteiger charge is -2.10. The Bertz CT molecular complexity index is 1310. The summed E-state index contributed by atoms with van der Waals surface area (Å²) in [6.45, 7) is 5.15. The number of fused-ring (bicyclic) bond motifs is 2. The number of aromatic amines is 1. The molecule has 0 unspecified atom stereocenters. The summed E-state index contributed by atoms with van der Waals surface area (Å²) in [5.41, 5.74) is 7.82.